The van der Waals surface area contributed by atoms with Crippen molar-refractivity contribution in [2.45, 2.75) is 39.3 Å². The molecule has 1 aromatic rings. The number of nitrogens with zero attached hydrogens (tertiary/aromatic N) is 2. The maximum atomic E-state index is 11.3. The smallest absolute Gasteiger partial charge is 0.325 e. The maximum absolute atomic E-state index is 11.3. The molecule has 2 N–H and O–H groups in total. The number of nitrogens with two attached hydrogens (primary N) is 1. The largest absolute Gasteiger partial charge is 0.459 e. The number of esters is 1. The van der Waals surface area contributed by atoms with Crippen LogP contribution in [-0.4, -0.2) is 22.5 Å². The lowest BCUT2D eigenvalue weighted by atomic mass is 10.2. The molecule has 0 fully saturated rings. The molecule has 0 saturated carbocycles. The molecule has 1 aromatic heterocycles. The zero-order chi connectivity index (χ0) is 14.5. The van der Waals surface area contributed by atoms with Gasteiger partial charge in [0.2, 0.25) is 0 Å². The Morgan fingerprint density at radius 2 is 2.21 bits per heavy atom. The number of ether oxygens (including phenoxy) is 1. The summed E-state index contributed by atoms with van der Waals surface area (Å²) in [6.45, 7) is 5.65. The van der Waals surface area contributed by atoms with Crippen LogP contribution in [0.5, 0.6) is 0 Å². The molecule has 0 aliphatic heterocycles. The van der Waals surface area contributed by atoms with E-state index in [4.69, 9.17) is 10.5 Å². The molecular weight excluding hydrogens is 266 g/mol. The van der Waals surface area contributed by atoms with E-state index in [1.54, 1.807) is 26.2 Å². The van der Waals surface area contributed by atoms with Crippen molar-refractivity contribution in [2.75, 3.05) is 0 Å². The summed E-state index contributed by atoms with van der Waals surface area (Å²) in [4.78, 5) is 30.1. The van der Waals surface area contributed by atoms with E-state index in [0.717, 1.165) is 0 Å². The zero-order valence-corrected chi connectivity index (χ0v) is 11.9. The van der Waals surface area contributed by atoms with Gasteiger partial charge in [-0.2, -0.15) is 0 Å². The highest BCUT2D eigenvalue weighted by Gasteiger charge is 2.16. The summed E-state index contributed by atoms with van der Waals surface area (Å²) in [5.41, 5.74) is 4.79. The molecule has 0 spiro atoms. The van der Waals surface area contributed by atoms with Crippen molar-refractivity contribution < 1.29 is 14.3 Å². The lowest BCUT2D eigenvalue weighted by Gasteiger charge is -2.17. The number of rotatable bonds is 3. The van der Waals surface area contributed by atoms with Gasteiger partial charge in [-0.25, -0.2) is 4.98 Å². The Morgan fingerprint density at radius 3 is 2.74 bits per heavy atom. The van der Waals surface area contributed by atoms with Gasteiger partial charge in [-0.15, -0.1) is 11.3 Å². The van der Waals surface area contributed by atoms with Gasteiger partial charge in [0, 0.05) is 5.38 Å². The van der Waals surface area contributed by atoms with Crippen LogP contribution >= 0.6 is 11.3 Å². The first-order chi connectivity index (χ1) is 8.78. The van der Waals surface area contributed by atoms with Crippen LogP contribution in [0.3, 0.4) is 0 Å². The van der Waals surface area contributed by atoms with Gasteiger partial charge in [-0.3, -0.25) is 9.59 Å². The van der Waals surface area contributed by atoms with Crippen molar-refractivity contribution >= 4 is 23.2 Å². The van der Waals surface area contributed by atoms with E-state index in [-0.39, 0.29) is 24.6 Å². The van der Waals surface area contributed by atoms with Gasteiger partial charge in [0.25, 0.3) is 12.0 Å². The topological polar surface area (TPSA) is 86.6 Å². The number of hydrogen-bond acceptors (Lipinski definition) is 5. The van der Waals surface area contributed by atoms with Crippen molar-refractivity contribution in [3.63, 3.8) is 0 Å². The molecule has 0 aliphatic rings. The normalized spacial score (nSPS) is 10.5. The molecule has 7 heteroatoms. The van der Waals surface area contributed by atoms with Gasteiger partial charge in [0.1, 0.15) is 11.3 Å². The number of aromatic nitrogens is 1. The van der Waals surface area contributed by atoms with Gasteiger partial charge in [-0.05, 0) is 20.8 Å². The number of amides is 1. The third kappa shape index (κ3) is 5.97. The van der Waals surface area contributed by atoms with Crippen molar-refractivity contribution in [3.05, 3.63) is 20.9 Å². The van der Waals surface area contributed by atoms with Crippen molar-refractivity contribution in [3.8, 4) is 6.07 Å². The van der Waals surface area contributed by atoms with Crippen molar-refractivity contribution in [1.29, 1.82) is 0 Å². The van der Waals surface area contributed by atoms with Crippen LogP contribution in [-0.2, 0) is 16.1 Å². The Labute approximate surface area is 115 Å². The van der Waals surface area contributed by atoms with Gasteiger partial charge in [0.15, 0.2) is 11.4 Å². The predicted molar refractivity (Wildman–Crippen MR) is 72.0 cm³/mol. The average Bonchev–Trinajstić information content (AvgIpc) is 2.70. The van der Waals surface area contributed by atoms with Crippen LogP contribution in [0, 0.1) is 6.07 Å². The fourth-order valence-corrected chi connectivity index (χ4v) is 1.82. The number of carbonyl (C=O) groups is 2. The zero-order valence-electron chi connectivity index (χ0n) is 11.1. The summed E-state index contributed by atoms with van der Waals surface area (Å²) in [7, 11) is 0. The van der Waals surface area contributed by atoms with E-state index < -0.39 is 11.5 Å². The summed E-state index contributed by atoms with van der Waals surface area (Å²) in [6.07, 6.45) is -0.00861. The van der Waals surface area contributed by atoms with Crippen LogP contribution in [0.1, 0.15) is 42.7 Å². The third-order valence-corrected chi connectivity index (χ3v) is 2.61. The molecule has 102 valence electrons. The SMILES string of the molecule is CC(C)(C)OC(=O)CC#[N+]Cc1nc(C(N)=O)cs1. The predicted octanol–water partition coefficient (Wildman–Crippen LogP) is 1.81. The fourth-order valence-electron chi connectivity index (χ4n) is 1.12. The molecule has 0 radical (unpaired) electrons. The van der Waals surface area contributed by atoms with E-state index in [9.17, 15) is 9.59 Å². The minimum absolute atomic E-state index is 0.00861. The van der Waals surface area contributed by atoms with Gasteiger partial charge in [-0.1, -0.05) is 4.85 Å². The summed E-state index contributed by atoms with van der Waals surface area (Å²) >= 11 is 1.28. The third-order valence-electron chi connectivity index (χ3n) is 1.77. The van der Waals surface area contributed by atoms with E-state index in [1.807, 2.05) is 0 Å². The van der Waals surface area contributed by atoms with Crippen LogP contribution in [0.4, 0.5) is 0 Å². The Balaban J connectivity index is 2.43. The second-order valence-electron chi connectivity index (χ2n) is 4.73. The molecule has 19 heavy (non-hydrogen) atoms. The minimum Gasteiger partial charge on any atom is -0.459 e. The van der Waals surface area contributed by atoms with Crippen LogP contribution in [0.2, 0.25) is 0 Å². The van der Waals surface area contributed by atoms with Crippen LogP contribution < -0.4 is 5.73 Å². The van der Waals surface area contributed by atoms with E-state index in [1.165, 1.54) is 11.3 Å². The molecule has 0 unspecified atom stereocenters. The summed E-state index contributed by atoms with van der Waals surface area (Å²) in [5, 5.41) is 2.21. The Morgan fingerprint density at radius 1 is 1.53 bits per heavy atom. The maximum Gasteiger partial charge on any atom is 0.325 e. The second kappa shape index (κ2) is 6.29. The monoisotopic (exact) mass is 282 g/mol. The Bertz CT molecular complexity index is 534. The first kappa shape index (κ1) is 15.1. The molecule has 6 nitrogen and oxygen atoms in total. The number of hydrogen-bond donors (Lipinski definition) is 1. The fraction of sp³-hybridized carbons (Fsp3) is 0.500. The number of thiazole rings is 1. The molecule has 0 atom stereocenters. The Kier molecular flexibility index (Phi) is 5.01. The highest BCUT2D eigenvalue weighted by molar-refractivity contribution is 7.09. The summed E-state index contributed by atoms with van der Waals surface area (Å²) in [5.74, 6) is -0.947. The molecule has 0 bridgehead atoms. The van der Waals surface area contributed by atoms with Gasteiger partial charge >= 0.3 is 12.5 Å². The van der Waals surface area contributed by atoms with E-state index in [0.29, 0.717) is 5.01 Å². The van der Waals surface area contributed by atoms with Crippen molar-refractivity contribution in [2.24, 2.45) is 5.73 Å². The number of primary amides is 1. The van der Waals surface area contributed by atoms with Gasteiger partial charge < -0.3 is 10.5 Å². The molecule has 0 saturated heterocycles. The standard InChI is InChI=1S/C12H15N3O3S/c1-12(2,3)18-10(16)4-5-14-6-9-15-8(7-19-9)11(13)17/h7H,4,6H2,1-3H3,(H-,13,17)/p+1. The number of carbonyl (C=O) groups excluding carboxylic acids is 2. The first-order valence-electron chi connectivity index (χ1n) is 5.63. The highest BCUT2D eigenvalue weighted by atomic mass is 32.1. The minimum atomic E-state index is -0.566. The molecule has 1 amide bonds. The lowest BCUT2D eigenvalue weighted by molar-refractivity contribution is -0.153. The van der Waals surface area contributed by atoms with E-state index in [2.05, 4.69) is 15.9 Å². The molecular formula is C12H16N3O3S+. The van der Waals surface area contributed by atoms with Crippen LogP contribution in [0.15, 0.2) is 5.38 Å². The summed E-state index contributed by atoms with van der Waals surface area (Å²) in [6, 6.07) is 2.60. The Hall–Kier alpha value is -1.94. The first-order valence-corrected chi connectivity index (χ1v) is 6.51. The van der Waals surface area contributed by atoms with Crippen LogP contribution in [0.25, 0.3) is 4.85 Å². The molecule has 1 heterocycles. The highest BCUT2D eigenvalue weighted by Crippen LogP contribution is 2.11. The second-order valence-corrected chi connectivity index (χ2v) is 5.67. The summed E-state index contributed by atoms with van der Waals surface area (Å²) < 4.78 is 5.09. The van der Waals surface area contributed by atoms with E-state index >= 15 is 0 Å². The molecule has 0 aliphatic carbocycles. The molecule has 0 aromatic carbocycles. The lowest BCUT2D eigenvalue weighted by Crippen LogP contribution is -2.23. The van der Waals surface area contributed by atoms with Crippen molar-refractivity contribution in [1.82, 2.24) is 4.98 Å². The quantitative estimate of drug-likeness (QED) is 0.856. The van der Waals surface area contributed by atoms with Gasteiger partial charge in [0.05, 0.1) is 0 Å². The molecule has 1 rings (SSSR count). The average molecular weight is 282 g/mol.